The molecule has 20 heavy (non-hydrogen) atoms. The molecular formula is C14H11BrN4O. The summed E-state index contributed by atoms with van der Waals surface area (Å²) in [4.78, 5) is 12.2. The molecule has 3 rings (SSSR count). The zero-order valence-electron chi connectivity index (χ0n) is 10.4. The Morgan fingerprint density at radius 1 is 1.30 bits per heavy atom. The molecule has 0 atom stereocenters. The van der Waals surface area contributed by atoms with Gasteiger partial charge in [-0.15, -0.1) is 0 Å². The maximum atomic E-state index is 12.2. The van der Waals surface area contributed by atoms with Gasteiger partial charge in [0.2, 0.25) is 0 Å². The second-order valence-corrected chi connectivity index (χ2v) is 5.18. The van der Waals surface area contributed by atoms with Gasteiger partial charge in [0.25, 0.3) is 5.91 Å². The largest absolute Gasteiger partial charge is 0.397 e. The molecule has 1 heterocycles. The lowest BCUT2D eigenvalue weighted by Gasteiger charge is -2.08. The van der Waals surface area contributed by atoms with Crippen molar-refractivity contribution >= 4 is 44.1 Å². The summed E-state index contributed by atoms with van der Waals surface area (Å²) in [6.45, 7) is 0. The van der Waals surface area contributed by atoms with Crippen LogP contribution in [0.1, 0.15) is 10.4 Å². The predicted molar refractivity (Wildman–Crippen MR) is 82.6 cm³/mol. The molecule has 0 aliphatic rings. The summed E-state index contributed by atoms with van der Waals surface area (Å²) in [5.74, 6) is -0.244. The molecule has 3 aromatic rings. The molecule has 0 aliphatic heterocycles. The molecule has 0 fully saturated rings. The molecule has 0 radical (unpaired) electrons. The summed E-state index contributed by atoms with van der Waals surface area (Å²) in [6, 6.07) is 10.8. The third kappa shape index (κ3) is 2.25. The number of nitrogens with one attached hydrogen (secondary N) is 2. The van der Waals surface area contributed by atoms with Crippen molar-refractivity contribution in [2.45, 2.75) is 0 Å². The molecule has 0 saturated carbocycles. The lowest BCUT2D eigenvalue weighted by Crippen LogP contribution is -2.14. The predicted octanol–water partition coefficient (Wildman–Crippen LogP) is 3.16. The molecular weight excluding hydrogens is 320 g/mol. The van der Waals surface area contributed by atoms with Crippen molar-refractivity contribution in [1.82, 2.24) is 10.2 Å². The Labute approximate surface area is 123 Å². The summed E-state index contributed by atoms with van der Waals surface area (Å²) in [5, 5.41) is 10.6. The minimum Gasteiger partial charge on any atom is -0.397 e. The van der Waals surface area contributed by atoms with Crippen molar-refractivity contribution in [3.63, 3.8) is 0 Å². The first-order valence-corrected chi connectivity index (χ1v) is 6.73. The summed E-state index contributed by atoms with van der Waals surface area (Å²) in [5.41, 5.74) is 8.37. The number of carbonyl (C=O) groups excluding carboxylic acids is 1. The van der Waals surface area contributed by atoms with Crippen LogP contribution in [0.4, 0.5) is 11.4 Å². The van der Waals surface area contributed by atoms with E-state index in [9.17, 15) is 4.79 Å². The number of para-hydroxylation sites is 1. The number of halogens is 1. The first-order chi connectivity index (χ1) is 9.65. The zero-order valence-corrected chi connectivity index (χ0v) is 11.9. The smallest absolute Gasteiger partial charge is 0.257 e. The normalized spacial score (nSPS) is 10.7. The van der Waals surface area contributed by atoms with Gasteiger partial charge in [-0.1, -0.05) is 6.07 Å². The van der Waals surface area contributed by atoms with Gasteiger partial charge >= 0.3 is 0 Å². The van der Waals surface area contributed by atoms with Crippen molar-refractivity contribution in [2.24, 2.45) is 0 Å². The minimum atomic E-state index is -0.244. The number of benzene rings is 2. The first-order valence-electron chi connectivity index (χ1n) is 5.93. The molecule has 1 aromatic heterocycles. The molecule has 2 aromatic carbocycles. The van der Waals surface area contributed by atoms with E-state index in [2.05, 4.69) is 31.4 Å². The number of H-pyrrole nitrogens is 1. The number of fused-ring (bicyclic) bond motifs is 1. The molecule has 5 nitrogen and oxygen atoms in total. The van der Waals surface area contributed by atoms with Crippen molar-refractivity contribution in [2.75, 3.05) is 11.1 Å². The molecule has 1 amide bonds. The number of hydrogen-bond donors (Lipinski definition) is 3. The monoisotopic (exact) mass is 330 g/mol. The van der Waals surface area contributed by atoms with E-state index in [4.69, 9.17) is 5.73 Å². The molecule has 0 saturated heterocycles. The highest BCUT2D eigenvalue weighted by molar-refractivity contribution is 9.10. The van der Waals surface area contributed by atoms with Crippen LogP contribution in [-0.2, 0) is 0 Å². The Morgan fingerprint density at radius 2 is 2.15 bits per heavy atom. The van der Waals surface area contributed by atoms with E-state index in [1.54, 1.807) is 24.4 Å². The summed E-state index contributed by atoms with van der Waals surface area (Å²) >= 11 is 3.31. The fourth-order valence-electron chi connectivity index (χ4n) is 1.95. The second-order valence-electron chi connectivity index (χ2n) is 4.33. The standard InChI is InChI=1S/C14H11BrN4O/c15-11-3-1-2-10(13(11)16)14(20)18-9-4-5-12-8(6-9)7-17-19-12/h1-7H,16H2,(H,17,19)(H,18,20). The number of nitrogens with zero attached hydrogens (tertiary/aromatic N) is 1. The number of aromatic amines is 1. The SMILES string of the molecule is Nc1c(Br)cccc1C(=O)Nc1ccc2[nH]ncc2c1. The van der Waals surface area contributed by atoms with E-state index in [0.717, 1.165) is 10.9 Å². The van der Waals surface area contributed by atoms with Crippen LogP contribution in [0.25, 0.3) is 10.9 Å². The molecule has 0 spiro atoms. The van der Waals surface area contributed by atoms with E-state index in [0.29, 0.717) is 21.4 Å². The van der Waals surface area contributed by atoms with Crippen LogP contribution in [0.15, 0.2) is 47.1 Å². The lowest BCUT2D eigenvalue weighted by atomic mass is 10.1. The highest BCUT2D eigenvalue weighted by Gasteiger charge is 2.12. The van der Waals surface area contributed by atoms with Gasteiger partial charge in [-0.25, -0.2) is 0 Å². The van der Waals surface area contributed by atoms with Crippen LogP contribution >= 0.6 is 15.9 Å². The maximum Gasteiger partial charge on any atom is 0.257 e. The fourth-order valence-corrected chi connectivity index (χ4v) is 2.32. The van der Waals surface area contributed by atoms with Gasteiger partial charge in [-0.3, -0.25) is 9.89 Å². The average molecular weight is 331 g/mol. The van der Waals surface area contributed by atoms with Crippen LogP contribution in [0.3, 0.4) is 0 Å². The topological polar surface area (TPSA) is 83.8 Å². The van der Waals surface area contributed by atoms with Crippen LogP contribution in [0.2, 0.25) is 0 Å². The minimum absolute atomic E-state index is 0.244. The second kappa shape index (κ2) is 4.97. The number of amides is 1. The Hall–Kier alpha value is -2.34. The summed E-state index contributed by atoms with van der Waals surface area (Å²) < 4.78 is 0.704. The molecule has 4 N–H and O–H groups in total. The Morgan fingerprint density at radius 3 is 3.00 bits per heavy atom. The van der Waals surface area contributed by atoms with Gasteiger partial charge in [0.05, 0.1) is 23.0 Å². The van der Waals surface area contributed by atoms with Gasteiger partial charge in [-0.05, 0) is 46.3 Å². The number of rotatable bonds is 2. The van der Waals surface area contributed by atoms with E-state index in [1.165, 1.54) is 0 Å². The highest BCUT2D eigenvalue weighted by Crippen LogP contribution is 2.24. The van der Waals surface area contributed by atoms with Crippen LogP contribution in [0, 0.1) is 0 Å². The molecule has 100 valence electrons. The maximum absolute atomic E-state index is 12.2. The van der Waals surface area contributed by atoms with Crippen LogP contribution in [0.5, 0.6) is 0 Å². The van der Waals surface area contributed by atoms with Crippen molar-refractivity contribution in [1.29, 1.82) is 0 Å². The summed E-state index contributed by atoms with van der Waals surface area (Å²) in [7, 11) is 0. The van der Waals surface area contributed by atoms with Gasteiger partial charge in [-0.2, -0.15) is 5.10 Å². The van der Waals surface area contributed by atoms with Crippen LogP contribution in [-0.4, -0.2) is 16.1 Å². The number of anilines is 2. The van der Waals surface area contributed by atoms with Gasteiger partial charge in [0, 0.05) is 15.5 Å². The molecule has 0 unspecified atom stereocenters. The number of aromatic nitrogens is 2. The third-order valence-corrected chi connectivity index (χ3v) is 3.69. The Bertz CT molecular complexity index is 797. The summed E-state index contributed by atoms with van der Waals surface area (Å²) in [6.07, 6.45) is 1.71. The first kappa shape index (κ1) is 12.7. The zero-order chi connectivity index (χ0) is 14.1. The number of carbonyl (C=O) groups is 1. The molecule has 6 heteroatoms. The average Bonchev–Trinajstić information content (AvgIpc) is 2.89. The van der Waals surface area contributed by atoms with E-state index < -0.39 is 0 Å². The van der Waals surface area contributed by atoms with Crippen molar-refractivity contribution in [3.05, 3.63) is 52.6 Å². The van der Waals surface area contributed by atoms with E-state index in [1.807, 2.05) is 18.2 Å². The van der Waals surface area contributed by atoms with Gasteiger partial charge in [0.1, 0.15) is 0 Å². The molecule has 0 aliphatic carbocycles. The Kier molecular flexibility index (Phi) is 3.15. The van der Waals surface area contributed by atoms with Gasteiger partial charge < -0.3 is 11.1 Å². The number of nitrogens with two attached hydrogens (primary N) is 1. The Balaban J connectivity index is 1.90. The lowest BCUT2D eigenvalue weighted by molar-refractivity contribution is 0.102. The van der Waals surface area contributed by atoms with Crippen molar-refractivity contribution in [3.8, 4) is 0 Å². The fraction of sp³-hybridized carbons (Fsp3) is 0. The quantitative estimate of drug-likeness (QED) is 0.631. The number of hydrogen-bond acceptors (Lipinski definition) is 3. The third-order valence-electron chi connectivity index (χ3n) is 3.00. The van der Waals surface area contributed by atoms with E-state index in [-0.39, 0.29) is 5.91 Å². The van der Waals surface area contributed by atoms with Crippen LogP contribution < -0.4 is 11.1 Å². The number of nitrogen functional groups attached to an aromatic ring is 1. The van der Waals surface area contributed by atoms with E-state index >= 15 is 0 Å². The molecule has 0 bridgehead atoms. The highest BCUT2D eigenvalue weighted by atomic mass is 79.9. The van der Waals surface area contributed by atoms with Gasteiger partial charge in [0.15, 0.2) is 0 Å². The van der Waals surface area contributed by atoms with Crippen molar-refractivity contribution < 1.29 is 4.79 Å².